The summed E-state index contributed by atoms with van der Waals surface area (Å²) in [5, 5.41) is 8.29. The predicted octanol–water partition coefficient (Wildman–Crippen LogP) is 1.22. The molecule has 4 nitrogen and oxygen atoms in total. The first-order chi connectivity index (χ1) is 6.99. The monoisotopic (exact) mass is 236 g/mol. The van der Waals surface area contributed by atoms with Crippen LogP contribution in [0.1, 0.15) is 46.0 Å². The molecule has 15 heavy (non-hydrogen) atoms. The SMILES string of the molecule is CCCC(CCC)NCCCS(N)(=O)=O. The van der Waals surface area contributed by atoms with Gasteiger partial charge in [-0.2, -0.15) is 0 Å². The highest BCUT2D eigenvalue weighted by molar-refractivity contribution is 7.89. The largest absolute Gasteiger partial charge is 0.314 e. The Bertz CT molecular complexity index is 234. The molecule has 0 aliphatic carbocycles. The van der Waals surface area contributed by atoms with Gasteiger partial charge in [-0.25, -0.2) is 13.6 Å². The van der Waals surface area contributed by atoms with E-state index in [0.717, 1.165) is 32.2 Å². The third kappa shape index (κ3) is 10.2. The summed E-state index contributed by atoms with van der Waals surface area (Å²) in [5.74, 6) is 0.0744. The molecule has 0 aliphatic rings. The first-order valence-electron chi connectivity index (χ1n) is 5.73. The Labute approximate surface area is 93.7 Å². The van der Waals surface area contributed by atoms with Crippen molar-refractivity contribution in [2.24, 2.45) is 5.14 Å². The van der Waals surface area contributed by atoms with Gasteiger partial charge >= 0.3 is 0 Å². The molecule has 0 saturated carbocycles. The molecule has 0 aromatic carbocycles. The standard InChI is InChI=1S/C10H24N2O2S/c1-3-6-10(7-4-2)12-8-5-9-15(11,13)14/h10,12H,3-9H2,1-2H3,(H2,11,13,14). The minimum Gasteiger partial charge on any atom is -0.314 e. The first kappa shape index (κ1) is 14.9. The van der Waals surface area contributed by atoms with E-state index in [1.807, 2.05) is 0 Å². The Morgan fingerprint density at radius 2 is 1.73 bits per heavy atom. The van der Waals surface area contributed by atoms with E-state index in [2.05, 4.69) is 19.2 Å². The highest BCUT2D eigenvalue weighted by Crippen LogP contribution is 2.04. The average molecular weight is 236 g/mol. The van der Waals surface area contributed by atoms with Crippen LogP contribution in [0, 0.1) is 0 Å². The summed E-state index contributed by atoms with van der Waals surface area (Å²) in [6.45, 7) is 5.06. The Hall–Kier alpha value is -0.130. The molecular formula is C10H24N2O2S. The maximum absolute atomic E-state index is 10.7. The van der Waals surface area contributed by atoms with E-state index < -0.39 is 10.0 Å². The summed E-state index contributed by atoms with van der Waals surface area (Å²) < 4.78 is 21.4. The van der Waals surface area contributed by atoms with Gasteiger partial charge in [-0.05, 0) is 25.8 Å². The van der Waals surface area contributed by atoms with Gasteiger partial charge in [0, 0.05) is 6.04 Å². The van der Waals surface area contributed by atoms with Crippen LogP contribution in [0.3, 0.4) is 0 Å². The van der Waals surface area contributed by atoms with Crippen molar-refractivity contribution in [3.8, 4) is 0 Å². The molecule has 0 atom stereocenters. The number of nitrogens with one attached hydrogen (secondary N) is 1. The summed E-state index contributed by atoms with van der Waals surface area (Å²) in [6, 6.07) is 0.528. The van der Waals surface area contributed by atoms with Gasteiger partial charge in [0.2, 0.25) is 10.0 Å². The lowest BCUT2D eigenvalue weighted by atomic mass is 10.1. The Kier molecular flexibility index (Phi) is 8.00. The fraction of sp³-hybridized carbons (Fsp3) is 1.00. The normalized spacial score (nSPS) is 12.3. The van der Waals surface area contributed by atoms with Gasteiger partial charge in [-0.3, -0.25) is 0 Å². The topological polar surface area (TPSA) is 72.2 Å². The summed E-state index contributed by atoms with van der Waals surface area (Å²) in [4.78, 5) is 0. The van der Waals surface area contributed by atoms with Crippen molar-refractivity contribution in [1.82, 2.24) is 5.32 Å². The quantitative estimate of drug-likeness (QED) is 0.591. The molecule has 0 aromatic heterocycles. The molecule has 0 fully saturated rings. The van der Waals surface area contributed by atoms with Gasteiger partial charge in [0.15, 0.2) is 0 Å². The number of sulfonamides is 1. The summed E-state index contributed by atoms with van der Waals surface area (Å²) in [7, 11) is -3.29. The number of primary sulfonamides is 1. The molecule has 92 valence electrons. The Balaban J connectivity index is 3.61. The molecule has 0 spiro atoms. The van der Waals surface area contributed by atoms with Crippen molar-refractivity contribution in [3.05, 3.63) is 0 Å². The molecule has 0 heterocycles. The highest BCUT2D eigenvalue weighted by Gasteiger charge is 2.06. The van der Waals surface area contributed by atoms with Crippen molar-refractivity contribution in [3.63, 3.8) is 0 Å². The molecule has 5 heteroatoms. The molecule has 0 aliphatic heterocycles. The highest BCUT2D eigenvalue weighted by atomic mass is 32.2. The maximum Gasteiger partial charge on any atom is 0.209 e. The minimum atomic E-state index is -3.29. The summed E-state index contributed by atoms with van der Waals surface area (Å²) in [5.41, 5.74) is 0. The third-order valence-electron chi connectivity index (χ3n) is 2.31. The van der Waals surface area contributed by atoms with E-state index in [9.17, 15) is 8.42 Å². The molecular weight excluding hydrogens is 212 g/mol. The second-order valence-corrected chi connectivity index (χ2v) is 5.68. The van der Waals surface area contributed by atoms with E-state index in [4.69, 9.17) is 5.14 Å². The third-order valence-corrected chi connectivity index (χ3v) is 3.17. The van der Waals surface area contributed by atoms with Crippen molar-refractivity contribution < 1.29 is 8.42 Å². The Morgan fingerprint density at radius 1 is 1.20 bits per heavy atom. The van der Waals surface area contributed by atoms with Crippen LogP contribution in [-0.4, -0.2) is 26.8 Å². The zero-order chi connectivity index (χ0) is 11.7. The maximum atomic E-state index is 10.7. The molecule has 0 radical (unpaired) electrons. The van der Waals surface area contributed by atoms with Gasteiger partial charge in [-0.15, -0.1) is 0 Å². The van der Waals surface area contributed by atoms with Crippen LogP contribution in [-0.2, 0) is 10.0 Å². The lowest BCUT2D eigenvalue weighted by molar-refractivity contribution is 0.444. The van der Waals surface area contributed by atoms with E-state index >= 15 is 0 Å². The van der Waals surface area contributed by atoms with Crippen molar-refractivity contribution in [2.75, 3.05) is 12.3 Å². The lowest BCUT2D eigenvalue weighted by Crippen LogP contribution is -2.31. The van der Waals surface area contributed by atoms with Gasteiger partial charge in [0.25, 0.3) is 0 Å². The molecule has 0 unspecified atom stereocenters. The lowest BCUT2D eigenvalue weighted by Gasteiger charge is -2.16. The first-order valence-corrected chi connectivity index (χ1v) is 7.45. The summed E-state index contributed by atoms with van der Waals surface area (Å²) >= 11 is 0. The number of hydrogen-bond acceptors (Lipinski definition) is 3. The number of nitrogens with two attached hydrogens (primary N) is 1. The molecule has 3 N–H and O–H groups in total. The van der Waals surface area contributed by atoms with Crippen molar-refractivity contribution in [2.45, 2.75) is 52.0 Å². The minimum absolute atomic E-state index is 0.0744. The predicted molar refractivity (Wildman–Crippen MR) is 64.2 cm³/mol. The van der Waals surface area contributed by atoms with Crippen LogP contribution in [0.4, 0.5) is 0 Å². The van der Waals surface area contributed by atoms with Crippen LogP contribution in [0.25, 0.3) is 0 Å². The van der Waals surface area contributed by atoms with Gasteiger partial charge in [-0.1, -0.05) is 26.7 Å². The number of hydrogen-bond donors (Lipinski definition) is 2. The van der Waals surface area contributed by atoms with Crippen LogP contribution >= 0.6 is 0 Å². The fourth-order valence-electron chi connectivity index (χ4n) is 1.62. The van der Waals surface area contributed by atoms with Crippen LogP contribution in [0.15, 0.2) is 0 Å². The van der Waals surface area contributed by atoms with E-state index in [1.165, 1.54) is 0 Å². The molecule has 0 saturated heterocycles. The van der Waals surface area contributed by atoms with Crippen LogP contribution in [0.5, 0.6) is 0 Å². The molecule has 0 amide bonds. The molecule has 0 aromatic rings. The zero-order valence-corrected chi connectivity index (χ0v) is 10.6. The smallest absolute Gasteiger partial charge is 0.209 e. The van der Waals surface area contributed by atoms with Crippen molar-refractivity contribution in [1.29, 1.82) is 0 Å². The zero-order valence-electron chi connectivity index (χ0n) is 9.83. The van der Waals surface area contributed by atoms with Gasteiger partial charge in [0.05, 0.1) is 5.75 Å². The van der Waals surface area contributed by atoms with Crippen LogP contribution < -0.4 is 10.5 Å². The second kappa shape index (κ2) is 8.07. The Morgan fingerprint density at radius 3 is 2.13 bits per heavy atom. The van der Waals surface area contributed by atoms with E-state index in [-0.39, 0.29) is 5.75 Å². The van der Waals surface area contributed by atoms with E-state index in [0.29, 0.717) is 12.5 Å². The number of rotatable bonds is 9. The molecule has 0 rings (SSSR count). The summed E-state index contributed by atoms with van der Waals surface area (Å²) in [6.07, 6.45) is 5.23. The van der Waals surface area contributed by atoms with Gasteiger partial charge in [0.1, 0.15) is 0 Å². The van der Waals surface area contributed by atoms with Crippen molar-refractivity contribution >= 4 is 10.0 Å². The van der Waals surface area contributed by atoms with Crippen LogP contribution in [0.2, 0.25) is 0 Å². The average Bonchev–Trinajstić information content (AvgIpc) is 2.11. The molecule has 0 bridgehead atoms. The van der Waals surface area contributed by atoms with Gasteiger partial charge < -0.3 is 5.32 Å². The van der Waals surface area contributed by atoms with E-state index in [1.54, 1.807) is 0 Å². The second-order valence-electron chi connectivity index (χ2n) is 3.95. The fourth-order valence-corrected chi connectivity index (χ4v) is 2.17.